The molecule has 0 bridgehead atoms. The zero-order valence-electron chi connectivity index (χ0n) is 50.6. The van der Waals surface area contributed by atoms with Crippen LogP contribution >= 0.6 is 7.82 Å². The largest absolute Gasteiger partial charge is 0.472 e. The van der Waals surface area contributed by atoms with E-state index in [0.717, 1.165) is 89.9 Å². The Hall–Kier alpha value is -2.56. The Labute approximate surface area is 479 Å². The number of carbonyl (C=O) groups is 3. The first-order valence-corrected chi connectivity index (χ1v) is 34.0. The Morgan fingerprint density at radius 2 is 0.667 bits per heavy atom. The van der Waals surface area contributed by atoms with Gasteiger partial charge in [0, 0.05) is 19.3 Å². The van der Waals surface area contributed by atoms with Crippen LogP contribution in [-0.4, -0.2) is 66.5 Å². The minimum absolute atomic E-state index is 0.164. The maximum atomic E-state index is 13.0. The van der Waals surface area contributed by atoms with Crippen molar-refractivity contribution in [3.8, 4) is 0 Å². The lowest BCUT2D eigenvalue weighted by Gasteiger charge is -2.21. The number of rotatable bonds is 61. The average Bonchev–Trinajstić information content (AvgIpc) is 3.43. The molecule has 0 heterocycles. The van der Waals surface area contributed by atoms with Gasteiger partial charge in [0.1, 0.15) is 12.7 Å². The second-order valence-corrected chi connectivity index (χ2v) is 23.4. The fourth-order valence-corrected chi connectivity index (χ4v) is 10.1. The van der Waals surface area contributed by atoms with E-state index < -0.39 is 57.8 Å². The molecule has 0 saturated heterocycles. The van der Waals surface area contributed by atoms with Crippen LogP contribution in [0.5, 0.6) is 0 Å². The summed E-state index contributed by atoms with van der Waals surface area (Å²) in [5.74, 6) is -1.46. The predicted molar refractivity (Wildman–Crippen MR) is 325 cm³/mol. The molecule has 0 spiro atoms. The van der Waals surface area contributed by atoms with Crippen molar-refractivity contribution in [1.29, 1.82) is 0 Å². The van der Waals surface area contributed by atoms with E-state index in [1.807, 2.05) is 0 Å². The number of hydrogen-bond acceptors (Lipinski definition) is 10. The summed E-state index contributed by atoms with van der Waals surface area (Å²) in [6, 6.07) is 0. The number of phosphoric acid groups is 1. The molecule has 0 saturated carbocycles. The Kier molecular flexibility index (Phi) is 58.5. The van der Waals surface area contributed by atoms with Crippen LogP contribution in [0.2, 0.25) is 0 Å². The van der Waals surface area contributed by atoms with Gasteiger partial charge in [-0.1, -0.05) is 268 Å². The molecule has 456 valence electrons. The molecule has 3 unspecified atom stereocenters. The molecule has 0 aliphatic heterocycles. The number of aliphatic hydroxyl groups excluding tert-OH is 1. The molecule has 3 atom stereocenters. The number of ether oxygens (including phenoxy) is 3. The monoisotopic (exact) mass is 1120 g/mol. The second-order valence-electron chi connectivity index (χ2n) is 21.9. The molecule has 2 N–H and O–H groups in total. The summed E-state index contributed by atoms with van der Waals surface area (Å²) in [6.07, 6.45) is 66.3. The smallest absolute Gasteiger partial charge is 0.462 e. The summed E-state index contributed by atoms with van der Waals surface area (Å²) in [7, 11) is -4.75. The predicted octanol–water partition coefficient (Wildman–Crippen LogP) is 19.7. The second kappa shape index (κ2) is 60.5. The van der Waals surface area contributed by atoms with Crippen LogP contribution in [0.1, 0.15) is 316 Å². The number of esters is 3. The number of aliphatic hydroxyl groups is 1. The molecule has 0 fully saturated rings. The average molecular weight is 1120 g/mol. The number of carbonyl (C=O) groups excluding carboxylic acids is 3. The minimum atomic E-state index is -4.75. The van der Waals surface area contributed by atoms with Crippen LogP contribution in [0.4, 0.5) is 0 Å². The van der Waals surface area contributed by atoms with Gasteiger partial charge in [-0.25, -0.2) is 4.57 Å². The van der Waals surface area contributed by atoms with Gasteiger partial charge in [-0.05, 0) is 77.0 Å². The van der Waals surface area contributed by atoms with Gasteiger partial charge in [0.2, 0.25) is 0 Å². The molecule has 0 aliphatic carbocycles. The molecule has 0 aromatic carbocycles. The van der Waals surface area contributed by atoms with Gasteiger partial charge in [0.05, 0.1) is 19.8 Å². The van der Waals surface area contributed by atoms with Gasteiger partial charge in [-0.3, -0.25) is 23.4 Å². The minimum Gasteiger partial charge on any atom is -0.462 e. The Morgan fingerprint density at radius 1 is 0.372 bits per heavy atom. The molecule has 11 nitrogen and oxygen atoms in total. The molecule has 12 heteroatoms. The van der Waals surface area contributed by atoms with Crippen LogP contribution in [0, 0.1) is 0 Å². The van der Waals surface area contributed by atoms with Gasteiger partial charge in [0.25, 0.3) is 0 Å². The summed E-state index contributed by atoms with van der Waals surface area (Å²) in [5, 5.41) is 9.86. The van der Waals surface area contributed by atoms with Crippen LogP contribution in [0.15, 0.2) is 48.6 Å². The fraction of sp³-hybridized carbons (Fsp3) is 0.833. The third kappa shape index (κ3) is 58.1. The highest BCUT2D eigenvalue weighted by atomic mass is 31.2. The summed E-state index contributed by atoms with van der Waals surface area (Å²) in [5.41, 5.74) is 0. The third-order valence-corrected chi connectivity index (χ3v) is 15.2. The van der Waals surface area contributed by atoms with Crippen molar-refractivity contribution >= 4 is 25.7 Å². The number of hydrogen-bond donors (Lipinski definition) is 2. The van der Waals surface area contributed by atoms with Crippen LogP contribution in [0.3, 0.4) is 0 Å². The van der Waals surface area contributed by atoms with Crippen molar-refractivity contribution < 1.29 is 52.2 Å². The standard InChI is InChI=1S/C66H121O11P/c1-4-7-10-13-16-19-22-25-28-30-31-33-36-39-42-45-48-51-54-57-66(70)77-63(59-73-64(68)55-52-49-46-43-40-37-34-27-24-21-18-15-12-9-6-3)61-75-78(71,72)74-60-62(58-67)76-65(69)56-53-50-47-44-41-38-35-32-29-26-23-20-17-14-11-8-5-2/h9,12,18,21,25,27-28,34,62-63,67H,4-8,10-11,13-17,19-20,22-24,26,29-33,35-61H2,1-3H3,(H,71,72)/b12-9-,21-18-,28-25-,34-27-. The van der Waals surface area contributed by atoms with Crippen molar-refractivity contribution in [3.05, 3.63) is 48.6 Å². The van der Waals surface area contributed by atoms with Crippen molar-refractivity contribution in [3.63, 3.8) is 0 Å². The number of unbranched alkanes of at least 4 members (excludes halogenated alkanes) is 36. The molecule has 0 rings (SSSR count). The first-order chi connectivity index (χ1) is 38.2. The molecule has 0 amide bonds. The van der Waals surface area contributed by atoms with E-state index in [2.05, 4.69) is 69.4 Å². The van der Waals surface area contributed by atoms with Crippen LogP contribution in [-0.2, 0) is 42.2 Å². The van der Waals surface area contributed by atoms with Gasteiger partial charge in [0.15, 0.2) is 6.10 Å². The maximum absolute atomic E-state index is 13.0. The topological polar surface area (TPSA) is 155 Å². The van der Waals surface area contributed by atoms with E-state index >= 15 is 0 Å². The highest BCUT2D eigenvalue weighted by molar-refractivity contribution is 7.47. The SMILES string of the molecule is CC/C=C\C/C=C\C/C=C\CCCCCCCC(=O)OCC(COP(=O)(O)OCC(CO)OC(=O)CCCCCCCCCCCCCCCCCCC)OC(=O)CCCCCCCCCCC/C=C\CCCCCCCC. The van der Waals surface area contributed by atoms with Crippen molar-refractivity contribution in [1.82, 2.24) is 0 Å². The Morgan fingerprint density at radius 3 is 1.04 bits per heavy atom. The first-order valence-electron chi connectivity index (χ1n) is 32.5. The van der Waals surface area contributed by atoms with Gasteiger partial charge >= 0.3 is 25.7 Å². The third-order valence-electron chi connectivity index (χ3n) is 14.2. The molecule has 0 aromatic heterocycles. The summed E-state index contributed by atoms with van der Waals surface area (Å²) in [4.78, 5) is 48.7. The van der Waals surface area contributed by atoms with Crippen LogP contribution in [0.25, 0.3) is 0 Å². The first kappa shape index (κ1) is 75.4. The van der Waals surface area contributed by atoms with Crippen molar-refractivity contribution in [2.24, 2.45) is 0 Å². The quantitative estimate of drug-likeness (QED) is 0.0197. The lowest BCUT2D eigenvalue weighted by Crippen LogP contribution is -2.30. The van der Waals surface area contributed by atoms with Crippen molar-refractivity contribution in [2.45, 2.75) is 328 Å². The highest BCUT2D eigenvalue weighted by Crippen LogP contribution is 2.43. The van der Waals surface area contributed by atoms with E-state index in [4.69, 9.17) is 23.3 Å². The van der Waals surface area contributed by atoms with E-state index in [0.29, 0.717) is 19.3 Å². The lowest BCUT2D eigenvalue weighted by molar-refractivity contribution is -0.161. The molecule has 0 aliphatic rings. The summed E-state index contributed by atoms with van der Waals surface area (Å²) < 4.78 is 39.7. The fourth-order valence-electron chi connectivity index (χ4n) is 9.31. The molecule has 78 heavy (non-hydrogen) atoms. The zero-order valence-corrected chi connectivity index (χ0v) is 51.5. The number of allylic oxidation sites excluding steroid dienone is 8. The van der Waals surface area contributed by atoms with E-state index in [9.17, 15) is 28.9 Å². The molecule has 0 aromatic rings. The molecular formula is C66H121O11P. The number of phosphoric ester groups is 1. The van der Waals surface area contributed by atoms with Crippen LogP contribution < -0.4 is 0 Å². The molecule has 0 radical (unpaired) electrons. The van der Waals surface area contributed by atoms with Gasteiger partial charge in [-0.2, -0.15) is 0 Å². The maximum Gasteiger partial charge on any atom is 0.472 e. The normalized spacial score (nSPS) is 13.6. The Bertz CT molecular complexity index is 1490. The highest BCUT2D eigenvalue weighted by Gasteiger charge is 2.28. The van der Waals surface area contributed by atoms with Gasteiger partial charge < -0.3 is 24.2 Å². The zero-order chi connectivity index (χ0) is 56.9. The summed E-state index contributed by atoms with van der Waals surface area (Å²) >= 11 is 0. The summed E-state index contributed by atoms with van der Waals surface area (Å²) in [6.45, 7) is 4.58. The van der Waals surface area contributed by atoms with Gasteiger partial charge in [-0.15, -0.1) is 0 Å². The molecular weight excluding hydrogens is 1000 g/mol. The van der Waals surface area contributed by atoms with E-state index in [1.54, 1.807) is 0 Å². The lowest BCUT2D eigenvalue weighted by atomic mass is 10.0. The van der Waals surface area contributed by atoms with E-state index in [-0.39, 0.29) is 25.9 Å². The van der Waals surface area contributed by atoms with E-state index in [1.165, 1.54) is 167 Å². The Balaban J connectivity index is 4.66. The van der Waals surface area contributed by atoms with Crippen molar-refractivity contribution in [2.75, 3.05) is 26.4 Å².